The van der Waals surface area contributed by atoms with Crippen LogP contribution in [-0.4, -0.2) is 34.0 Å². The standard InChI is InChI=1S/C12H16N4O/c1-3-15(2)11(17)8-16-10-7-5-4-6-9(10)14-12(16)13/h4-7H,3,8H2,1-2H3,(H2,13,14). The van der Waals surface area contributed by atoms with Gasteiger partial charge in [-0.3, -0.25) is 4.79 Å². The van der Waals surface area contributed by atoms with Crippen molar-refractivity contribution in [2.75, 3.05) is 19.3 Å². The Labute approximate surface area is 99.8 Å². The number of nitrogen functional groups attached to an aromatic ring is 1. The number of likely N-dealkylation sites (N-methyl/N-ethyl adjacent to an activating group) is 1. The lowest BCUT2D eigenvalue weighted by Crippen LogP contribution is -2.30. The van der Waals surface area contributed by atoms with Crippen molar-refractivity contribution in [3.05, 3.63) is 24.3 Å². The third-order valence-electron chi connectivity index (χ3n) is 2.88. The van der Waals surface area contributed by atoms with E-state index in [1.807, 2.05) is 31.2 Å². The maximum atomic E-state index is 11.9. The average molecular weight is 232 g/mol. The Morgan fingerprint density at radius 2 is 2.18 bits per heavy atom. The molecule has 5 nitrogen and oxygen atoms in total. The number of carbonyl (C=O) groups is 1. The van der Waals surface area contributed by atoms with Crippen molar-refractivity contribution in [1.82, 2.24) is 14.5 Å². The molecule has 2 aromatic rings. The Morgan fingerprint density at radius 3 is 2.88 bits per heavy atom. The predicted octanol–water partition coefficient (Wildman–Crippen LogP) is 1.10. The van der Waals surface area contributed by atoms with E-state index >= 15 is 0 Å². The van der Waals surface area contributed by atoms with E-state index in [1.54, 1.807) is 16.5 Å². The van der Waals surface area contributed by atoms with E-state index in [0.717, 1.165) is 11.0 Å². The van der Waals surface area contributed by atoms with Crippen LogP contribution in [0.3, 0.4) is 0 Å². The summed E-state index contributed by atoms with van der Waals surface area (Å²) in [7, 11) is 1.78. The number of nitrogens with two attached hydrogens (primary N) is 1. The number of nitrogens with zero attached hydrogens (tertiary/aromatic N) is 3. The molecule has 1 aromatic carbocycles. The summed E-state index contributed by atoms with van der Waals surface area (Å²) in [5, 5.41) is 0. The van der Waals surface area contributed by atoms with Gasteiger partial charge < -0.3 is 15.2 Å². The van der Waals surface area contributed by atoms with Crippen LogP contribution in [0.4, 0.5) is 5.95 Å². The fourth-order valence-corrected chi connectivity index (χ4v) is 1.69. The molecule has 2 rings (SSSR count). The predicted molar refractivity (Wildman–Crippen MR) is 67.5 cm³/mol. The van der Waals surface area contributed by atoms with Crippen LogP contribution in [0.5, 0.6) is 0 Å². The second kappa shape index (κ2) is 4.45. The van der Waals surface area contributed by atoms with Crippen LogP contribution < -0.4 is 5.73 Å². The van der Waals surface area contributed by atoms with Gasteiger partial charge in [0.05, 0.1) is 11.0 Å². The average Bonchev–Trinajstić information content (AvgIpc) is 2.65. The second-order valence-corrected chi connectivity index (χ2v) is 3.95. The molecule has 1 aromatic heterocycles. The Kier molecular flexibility index (Phi) is 2.99. The fraction of sp³-hybridized carbons (Fsp3) is 0.333. The lowest BCUT2D eigenvalue weighted by molar-refractivity contribution is -0.130. The second-order valence-electron chi connectivity index (χ2n) is 3.95. The van der Waals surface area contributed by atoms with Crippen molar-refractivity contribution in [1.29, 1.82) is 0 Å². The molecule has 0 spiro atoms. The smallest absolute Gasteiger partial charge is 0.242 e. The lowest BCUT2D eigenvalue weighted by Gasteiger charge is -2.15. The number of amides is 1. The molecule has 0 radical (unpaired) electrons. The van der Waals surface area contributed by atoms with Gasteiger partial charge in [0, 0.05) is 13.6 Å². The van der Waals surface area contributed by atoms with Gasteiger partial charge in [0.15, 0.2) is 0 Å². The zero-order valence-electron chi connectivity index (χ0n) is 10.1. The van der Waals surface area contributed by atoms with Crippen molar-refractivity contribution >= 4 is 22.9 Å². The van der Waals surface area contributed by atoms with E-state index in [4.69, 9.17) is 5.73 Å². The summed E-state index contributed by atoms with van der Waals surface area (Å²) in [5.74, 6) is 0.409. The Morgan fingerprint density at radius 1 is 1.47 bits per heavy atom. The fourth-order valence-electron chi connectivity index (χ4n) is 1.69. The summed E-state index contributed by atoms with van der Waals surface area (Å²) in [6.07, 6.45) is 0. The number of benzene rings is 1. The molecule has 0 saturated heterocycles. The molecule has 0 aliphatic heterocycles. The molecule has 2 N–H and O–H groups in total. The first-order valence-corrected chi connectivity index (χ1v) is 5.58. The highest BCUT2D eigenvalue weighted by atomic mass is 16.2. The number of hydrogen-bond acceptors (Lipinski definition) is 3. The van der Waals surface area contributed by atoms with Gasteiger partial charge >= 0.3 is 0 Å². The maximum Gasteiger partial charge on any atom is 0.242 e. The molecule has 17 heavy (non-hydrogen) atoms. The first-order chi connectivity index (χ1) is 8.13. The van der Waals surface area contributed by atoms with E-state index in [-0.39, 0.29) is 12.5 Å². The molecule has 0 atom stereocenters. The van der Waals surface area contributed by atoms with Crippen molar-refractivity contribution in [2.24, 2.45) is 0 Å². The molecule has 0 bridgehead atoms. The van der Waals surface area contributed by atoms with Gasteiger partial charge in [-0.05, 0) is 19.1 Å². The van der Waals surface area contributed by atoms with Crippen molar-refractivity contribution in [3.8, 4) is 0 Å². The molecular formula is C12H16N4O. The summed E-state index contributed by atoms with van der Waals surface area (Å²) in [5.41, 5.74) is 7.53. The van der Waals surface area contributed by atoms with Crippen LogP contribution in [0.15, 0.2) is 24.3 Å². The van der Waals surface area contributed by atoms with Gasteiger partial charge in [-0.25, -0.2) is 4.98 Å². The van der Waals surface area contributed by atoms with E-state index in [2.05, 4.69) is 4.98 Å². The Balaban J connectivity index is 2.35. The number of rotatable bonds is 3. The van der Waals surface area contributed by atoms with E-state index in [9.17, 15) is 4.79 Å². The highest BCUT2D eigenvalue weighted by Gasteiger charge is 2.13. The van der Waals surface area contributed by atoms with Gasteiger partial charge in [-0.1, -0.05) is 12.1 Å². The third kappa shape index (κ3) is 2.08. The lowest BCUT2D eigenvalue weighted by atomic mass is 10.3. The largest absolute Gasteiger partial charge is 0.369 e. The molecule has 0 aliphatic rings. The van der Waals surface area contributed by atoms with Gasteiger partial charge in [0.1, 0.15) is 6.54 Å². The maximum absolute atomic E-state index is 11.9. The topological polar surface area (TPSA) is 64.2 Å². The van der Waals surface area contributed by atoms with Gasteiger partial charge in [-0.2, -0.15) is 0 Å². The molecule has 0 saturated carbocycles. The molecule has 1 heterocycles. The zero-order chi connectivity index (χ0) is 12.4. The van der Waals surface area contributed by atoms with Crippen LogP contribution in [0.25, 0.3) is 11.0 Å². The molecule has 1 amide bonds. The number of carbonyl (C=O) groups excluding carboxylic acids is 1. The summed E-state index contributed by atoms with van der Waals surface area (Å²) in [6, 6.07) is 7.61. The molecule has 5 heteroatoms. The Bertz CT molecular complexity index is 546. The van der Waals surface area contributed by atoms with Crippen LogP contribution in [0.2, 0.25) is 0 Å². The first-order valence-electron chi connectivity index (χ1n) is 5.58. The number of aromatic nitrogens is 2. The van der Waals surface area contributed by atoms with Crippen LogP contribution in [0, 0.1) is 0 Å². The zero-order valence-corrected chi connectivity index (χ0v) is 10.1. The van der Waals surface area contributed by atoms with Crippen LogP contribution in [-0.2, 0) is 11.3 Å². The molecular weight excluding hydrogens is 216 g/mol. The SMILES string of the molecule is CCN(C)C(=O)Cn1c(N)nc2ccccc21. The summed E-state index contributed by atoms with van der Waals surface area (Å²) < 4.78 is 1.74. The quantitative estimate of drug-likeness (QED) is 0.861. The monoisotopic (exact) mass is 232 g/mol. The summed E-state index contributed by atoms with van der Waals surface area (Å²) in [4.78, 5) is 17.7. The normalized spacial score (nSPS) is 10.7. The van der Waals surface area contributed by atoms with E-state index in [0.29, 0.717) is 12.5 Å². The Hall–Kier alpha value is -2.04. The number of hydrogen-bond donors (Lipinski definition) is 1. The van der Waals surface area contributed by atoms with Crippen LogP contribution in [0.1, 0.15) is 6.92 Å². The number of anilines is 1. The number of para-hydroxylation sites is 2. The van der Waals surface area contributed by atoms with E-state index < -0.39 is 0 Å². The van der Waals surface area contributed by atoms with Crippen LogP contribution >= 0.6 is 0 Å². The molecule has 0 fully saturated rings. The first kappa shape index (κ1) is 11.4. The van der Waals surface area contributed by atoms with Crippen molar-refractivity contribution < 1.29 is 4.79 Å². The van der Waals surface area contributed by atoms with E-state index in [1.165, 1.54) is 0 Å². The van der Waals surface area contributed by atoms with Gasteiger partial charge in [0.25, 0.3) is 0 Å². The van der Waals surface area contributed by atoms with Crippen molar-refractivity contribution in [2.45, 2.75) is 13.5 Å². The molecule has 0 aliphatic carbocycles. The third-order valence-corrected chi connectivity index (χ3v) is 2.88. The minimum atomic E-state index is 0.0300. The number of imidazole rings is 1. The number of fused-ring (bicyclic) bond motifs is 1. The minimum Gasteiger partial charge on any atom is -0.369 e. The van der Waals surface area contributed by atoms with Gasteiger partial charge in [-0.15, -0.1) is 0 Å². The molecule has 90 valence electrons. The van der Waals surface area contributed by atoms with Crippen molar-refractivity contribution in [3.63, 3.8) is 0 Å². The summed E-state index contributed by atoms with van der Waals surface area (Å²) in [6.45, 7) is 2.86. The highest BCUT2D eigenvalue weighted by molar-refractivity contribution is 5.82. The van der Waals surface area contributed by atoms with Gasteiger partial charge in [0.2, 0.25) is 11.9 Å². The summed E-state index contributed by atoms with van der Waals surface area (Å²) >= 11 is 0. The highest BCUT2D eigenvalue weighted by Crippen LogP contribution is 2.17. The molecule has 0 unspecified atom stereocenters. The minimum absolute atomic E-state index is 0.0300.